The number of nitrogens with zero attached hydrogens (tertiary/aromatic N) is 3. The van der Waals surface area contributed by atoms with Crippen molar-refractivity contribution < 1.29 is 9.59 Å². The standard InChI is InChI=1S/C22H32N4O2/c1-21(2,3)14-26-11-4-8-22(20(26)28)9-12-25(15-22)18-13-16(7-10-23-18)19(27)24-17-5-6-17/h7,10,13,17H,4-6,8-9,11-12,14-15H2,1-3H3,(H,24,27)/t22-/m1/s1. The van der Waals surface area contributed by atoms with E-state index in [0.29, 0.717) is 24.1 Å². The van der Waals surface area contributed by atoms with Crippen molar-refractivity contribution in [2.45, 2.75) is 58.9 Å². The van der Waals surface area contributed by atoms with Gasteiger partial charge in [-0.2, -0.15) is 0 Å². The van der Waals surface area contributed by atoms with Gasteiger partial charge < -0.3 is 15.1 Å². The quantitative estimate of drug-likeness (QED) is 0.867. The fourth-order valence-corrected chi connectivity index (χ4v) is 4.55. The van der Waals surface area contributed by atoms with E-state index in [0.717, 1.165) is 57.6 Å². The normalized spacial score (nSPS) is 25.5. The van der Waals surface area contributed by atoms with E-state index in [2.05, 4.69) is 40.9 Å². The largest absolute Gasteiger partial charge is 0.355 e. The summed E-state index contributed by atoms with van der Waals surface area (Å²) in [6, 6.07) is 3.98. The van der Waals surface area contributed by atoms with Gasteiger partial charge in [-0.1, -0.05) is 20.8 Å². The van der Waals surface area contributed by atoms with Gasteiger partial charge in [0.05, 0.1) is 5.41 Å². The fraction of sp³-hybridized carbons (Fsp3) is 0.682. The number of nitrogens with one attached hydrogen (secondary N) is 1. The van der Waals surface area contributed by atoms with E-state index < -0.39 is 0 Å². The van der Waals surface area contributed by atoms with E-state index in [-0.39, 0.29) is 16.7 Å². The molecule has 6 heteroatoms. The summed E-state index contributed by atoms with van der Waals surface area (Å²) >= 11 is 0. The number of carbonyl (C=O) groups excluding carboxylic acids is 2. The molecule has 1 atom stereocenters. The Morgan fingerprint density at radius 3 is 2.79 bits per heavy atom. The van der Waals surface area contributed by atoms with Gasteiger partial charge in [0.2, 0.25) is 5.91 Å². The highest BCUT2D eigenvalue weighted by Gasteiger charge is 2.49. The lowest BCUT2D eigenvalue weighted by Crippen LogP contribution is -2.52. The van der Waals surface area contributed by atoms with Gasteiger partial charge in [0, 0.05) is 44.0 Å². The topological polar surface area (TPSA) is 65.5 Å². The summed E-state index contributed by atoms with van der Waals surface area (Å²) in [6.45, 7) is 9.75. The predicted octanol–water partition coefficient (Wildman–Crippen LogP) is 2.84. The molecule has 1 aromatic rings. The molecule has 0 unspecified atom stereocenters. The second-order valence-electron chi connectivity index (χ2n) is 9.99. The minimum atomic E-state index is -0.294. The summed E-state index contributed by atoms with van der Waals surface area (Å²) in [6.07, 6.45) is 6.73. The molecule has 1 N–H and O–H groups in total. The average molecular weight is 385 g/mol. The first-order valence-corrected chi connectivity index (χ1v) is 10.6. The van der Waals surface area contributed by atoms with Crippen LogP contribution in [0.2, 0.25) is 0 Å². The number of carbonyl (C=O) groups is 2. The molecule has 2 saturated heterocycles. The highest BCUT2D eigenvalue weighted by Crippen LogP contribution is 2.42. The first-order valence-electron chi connectivity index (χ1n) is 10.6. The molecule has 3 aliphatic rings. The molecule has 3 fully saturated rings. The molecular weight excluding hydrogens is 352 g/mol. The van der Waals surface area contributed by atoms with Crippen molar-refractivity contribution in [3.8, 4) is 0 Å². The number of pyridine rings is 1. The molecule has 0 radical (unpaired) electrons. The number of likely N-dealkylation sites (tertiary alicyclic amines) is 1. The van der Waals surface area contributed by atoms with Crippen LogP contribution in [-0.2, 0) is 4.79 Å². The number of hydrogen-bond donors (Lipinski definition) is 1. The van der Waals surface area contributed by atoms with Gasteiger partial charge in [0.15, 0.2) is 0 Å². The van der Waals surface area contributed by atoms with Crippen molar-refractivity contribution in [2.75, 3.05) is 31.1 Å². The molecule has 1 saturated carbocycles. The molecule has 28 heavy (non-hydrogen) atoms. The van der Waals surface area contributed by atoms with Gasteiger partial charge >= 0.3 is 0 Å². The van der Waals surface area contributed by atoms with Crippen molar-refractivity contribution in [1.82, 2.24) is 15.2 Å². The fourth-order valence-electron chi connectivity index (χ4n) is 4.55. The molecule has 0 aromatic carbocycles. The molecule has 1 aromatic heterocycles. The number of hydrogen-bond acceptors (Lipinski definition) is 4. The lowest BCUT2D eigenvalue weighted by molar-refractivity contribution is -0.146. The van der Waals surface area contributed by atoms with Crippen LogP contribution in [0.15, 0.2) is 18.3 Å². The Bertz CT molecular complexity index is 768. The Kier molecular flexibility index (Phi) is 4.84. The Balaban J connectivity index is 1.47. The summed E-state index contributed by atoms with van der Waals surface area (Å²) < 4.78 is 0. The van der Waals surface area contributed by atoms with Crippen molar-refractivity contribution >= 4 is 17.6 Å². The van der Waals surface area contributed by atoms with Crippen molar-refractivity contribution in [3.63, 3.8) is 0 Å². The monoisotopic (exact) mass is 384 g/mol. The molecular formula is C22H32N4O2. The zero-order valence-corrected chi connectivity index (χ0v) is 17.3. The molecule has 152 valence electrons. The Morgan fingerprint density at radius 2 is 2.07 bits per heavy atom. The highest BCUT2D eigenvalue weighted by atomic mass is 16.2. The zero-order chi connectivity index (χ0) is 19.9. The van der Waals surface area contributed by atoms with Crippen LogP contribution < -0.4 is 10.2 Å². The number of amides is 2. The molecule has 6 nitrogen and oxygen atoms in total. The van der Waals surface area contributed by atoms with Gasteiger partial charge in [0.25, 0.3) is 5.91 Å². The predicted molar refractivity (Wildman–Crippen MR) is 109 cm³/mol. The van der Waals surface area contributed by atoms with Crippen molar-refractivity contribution in [1.29, 1.82) is 0 Å². The Labute approximate surface area is 167 Å². The summed E-state index contributed by atoms with van der Waals surface area (Å²) in [5, 5.41) is 3.03. The molecule has 2 amide bonds. The summed E-state index contributed by atoms with van der Waals surface area (Å²) in [5.41, 5.74) is 0.469. The number of anilines is 1. The Morgan fingerprint density at radius 1 is 1.29 bits per heavy atom. The maximum atomic E-state index is 13.3. The van der Waals surface area contributed by atoms with E-state index in [1.807, 2.05) is 6.07 Å². The van der Waals surface area contributed by atoms with E-state index in [1.165, 1.54) is 0 Å². The molecule has 4 rings (SSSR count). The second kappa shape index (κ2) is 7.05. The van der Waals surface area contributed by atoms with Crippen molar-refractivity contribution in [2.24, 2.45) is 10.8 Å². The molecule has 3 heterocycles. The third kappa shape index (κ3) is 4.01. The summed E-state index contributed by atoms with van der Waals surface area (Å²) in [4.78, 5) is 34.4. The summed E-state index contributed by atoms with van der Waals surface area (Å²) in [5.74, 6) is 1.09. The van der Waals surface area contributed by atoms with E-state index in [9.17, 15) is 9.59 Å². The molecule has 1 spiro atoms. The average Bonchev–Trinajstić information content (AvgIpc) is 3.35. The van der Waals surface area contributed by atoms with Crippen LogP contribution in [0, 0.1) is 10.8 Å². The minimum absolute atomic E-state index is 0.0230. The third-order valence-electron chi connectivity index (χ3n) is 6.09. The first-order chi connectivity index (χ1) is 13.3. The maximum Gasteiger partial charge on any atom is 0.251 e. The van der Waals surface area contributed by atoms with Gasteiger partial charge in [-0.15, -0.1) is 0 Å². The number of rotatable bonds is 4. The maximum absolute atomic E-state index is 13.3. The smallest absolute Gasteiger partial charge is 0.251 e. The van der Waals surface area contributed by atoms with Crippen LogP contribution in [0.4, 0.5) is 5.82 Å². The zero-order valence-electron chi connectivity index (χ0n) is 17.3. The third-order valence-corrected chi connectivity index (χ3v) is 6.09. The lowest BCUT2D eigenvalue weighted by Gasteiger charge is -2.41. The van der Waals surface area contributed by atoms with Crippen molar-refractivity contribution in [3.05, 3.63) is 23.9 Å². The van der Waals surface area contributed by atoms with Gasteiger partial charge in [-0.05, 0) is 49.7 Å². The lowest BCUT2D eigenvalue weighted by atomic mass is 9.77. The van der Waals surface area contributed by atoms with Gasteiger partial charge in [-0.25, -0.2) is 4.98 Å². The number of piperidine rings is 1. The highest BCUT2D eigenvalue weighted by molar-refractivity contribution is 5.95. The Hall–Kier alpha value is -2.11. The van der Waals surface area contributed by atoms with E-state index >= 15 is 0 Å². The van der Waals surface area contributed by atoms with Crippen LogP contribution in [0.1, 0.15) is 63.2 Å². The molecule has 1 aliphatic carbocycles. The number of aromatic nitrogens is 1. The SMILES string of the molecule is CC(C)(C)CN1CCC[C@]2(CCN(c3cc(C(=O)NC4CC4)ccn3)C2)C1=O. The minimum Gasteiger partial charge on any atom is -0.355 e. The molecule has 2 aliphatic heterocycles. The van der Waals surface area contributed by atoms with E-state index in [4.69, 9.17) is 0 Å². The first kappa shape index (κ1) is 19.2. The van der Waals surface area contributed by atoms with Crippen LogP contribution in [0.25, 0.3) is 0 Å². The van der Waals surface area contributed by atoms with Crippen LogP contribution in [0.3, 0.4) is 0 Å². The van der Waals surface area contributed by atoms with Crippen LogP contribution in [-0.4, -0.2) is 53.9 Å². The van der Waals surface area contributed by atoms with Gasteiger partial charge in [-0.3, -0.25) is 9.59 Å². The molecule has 0 bridgehead atoms. The van der Waals surface area contributed by atoms with Gasteiger partial charge in [0.1, 0.15) is 5.82 Å². The summed E-state index contributed by atoms with van der Waals surface area (Å²) in [7, 11) is 0. The van der Waals surface area contributed by atoms with Crippen LogP contribution >= 0.6 is 0 Å². The van der Waals surface area contributed by atoms with Crippen LogP contribution in [0.5, 0.6) is 0 Å². The van der Waals surface area contributed by atoms with E-state index in [1.54, 1.807) is 12.3 Å². The second-order valence-corrected chi connectivity index (χ2v) is 9.99.